The first-order chi connectivity index (χ1) is 9.13. The smallest absolute Gasteiger partial charge is 0.124 e. The number of aliphatic hydroxyl groups excluding tert-OH is 1. The van der Waals surface area contributed by atoms with Crippen LogP contribution in [0.15, 0.2) is 18.2 Å². The maximum atomic E-state index is 9.05. The number of aliphatic hydroxyl groups is 1. The second-order valence-corrected chi connectivity index (χ2v) is 4.92. The average Bonchev–Trinajstić information content (AvgIpc) is 2.39. The van der Waals surface area contributed by atoms with Gasteiger partial charge in [-0.2, -0.15) is 0 Å². The van der Waals surface area contributed by atoms with Gasteiger partial charge in [0.25, 0.3) is 0 Å². The van der Waals surface area contributed by atoms with Gasteiger partial charge in [0.1, 0.15) is 5.75 Å². The molecule has 1 rings (SSSR count). The second-order valence-electron chi connectivity index (χ2n) is 4.49. The van der Waals surface area contributed by atoms with Crippen LogP contribution in [0.2, 0.25) is 5.02 Å². The Kier molecular flexibility index (Phi) is 7.16. The van der Waals surface area contributed by atoms with Crippen LogP contribution in [-0.2, 0) is 0 Å². The number of benzene rings is 1. The van der Waals surface area contributed by atoms with E-state index in [0.717, 1.165) is 17.7 Å². The molecule has 5 heteroatoms. The lowest BCUT2D eigenvalue weighted by Crippen LogP contribution is -2.33. The molecule has 3 N–H and O–H groups in total. The third-order valence-electron chi connectivity index (χ3n) is 3.00. The topological polar surface area (TPSA) is 58.7 Å². The second kappa shape index (κ2) is 8.38. The van der Waals surface area contributed by atoms with Crippen LogP contribution in [0.3, 0.4) is 0 Å². The largest absolute Gasteiger partial charge is 0.493 e. The van der Waals surface area contributed by atoms with Gasteiger partial charge in [0.05, 0.1) is 19.3 Å². The zero-order valence-electron chi connectivity index (χ0n) is 11.6. The summed E-state index contributed by atoms with van der Waals surface area (Å²) in [5, 5.41) is 9.72. The summed E-state index contributed by atoms with van der Waals surface area (Å²) in [6.07, 6.45) is 0.946. The van der Waals surface area contributed by atoms with Crippen molar-refractivity contribution in [1.29, 1.82) is 0 Å². The van der Waals surface area contributed by atoms with Crippen molar-refractivity contribution in [3.8, 4) is 5.75 Å². The summed E-state index contributed by atoms with van der Waals surface area (Å²) in [6, 6.07) is 5.56. The molecule has 0 radical (unpaired) electrons. The number of nitrogens with zero attached hydrogens (tertiary/aromatic N) is 1. The Labute approximate surface area is 120 Å². The lowest BCUT2D eigenvalue weighted by atomic mass is 10.0. The van der Waals surface area contributed by atoms with Gasteiger partial charge in [0.2, 0.25) is 0 Å². The van der Waals surface area contributed by atoms with Gasteiger partial charge >= 0.3 is 0 Å². The van der Waals surface area contributed by atoms with Crippen molar-refractivity contribution < 1.29 is 9.84 Å². The van der Waals surface area contributed by atoms with E-state index < -0.39 is 0 Å². The minimum Gasteiger partial charge on any atom is -0.493 e. The van der Waals surface area contributed by atoms with Crippen molar-refractivity contribution in [2.45, 2.75) is 19.4 Å². The molecule has 19 heavy (non-hydrogen) atoms. The van der Waals surface area contributed by atoms with E-state index in [9.17, 15) is 0 Å². The molecule has 0 aliphatic heterocycles. The van der Waals surface area contributed by atoms with E-state index in [1.54, 1.807) is 0 Å². The van der Waals surface area contributed by atoms with Gasteiger partial charge in [-0.25, -0.2) is 0 Å². The molecule has 0 spiro atoms. The van der Waals surface area contributed by atoms with Crippen molar-refractivity contribution in [3.63, 3.8) is 0 Å². The standard InChI is InChI=1S/C14H23ClN2O2/c1-3-8-19-14-5-4-11(15)9-12(14)13(10-16)17(2)6-7-18/h4-5,9,13,18H,3,6-8,10,16H2,1-2H3. The predicted octanol–water partition coefficient (Wildman–Crippen LogP) is 2.05. The molecular weight excluding hydrogens is 264 g/mol. The SMILES string of the molecule is CCCOc1ccc(Cl)cc1C(CN)N(C)CCO. The number of nitrogens with two attached hydrogens (primary N) is 1. The molecule has 0 aliphatic rings. The highest BCUT2D eigenvalue weighted by atomic mass is 35.5. The van der Waals surface area contributed by atoms with E-state index >= 15 is 0 Å². The Balaban J connectivity index is 3.02. The summed E-state index contributed by atoms with van der Waals surface area (Å²) in [6.45, 7) is 3.82. The van der Waals surface area contributed by atoms with Crippen LogP contribution in [0.4, 0.5) is 0 Å². The van der Waals surface area contributed by atoms with Crippen molar-refractivity contribution >= 4 is 11.6 Å². The Morgan fingerprint density at radius 2 is 2.21 bits per heavy atom. The average molecular weight is 287 g/mol. The zero-order valence-corrected chi connectivity index (χ0v) is 12.4. The Bertz CT molecular complexity index is 388. The van der Waals surface area contributed by atoms with Gasteiger partial charge in [-0.3, -0.25) is 4.90 Å². The fourth-order valence-electron chi connectivity index (χ4n) is 1.98. The van der Waals surface area contributed by atoms with Crippen LogP contribution < -0.4 is 10.5 Å². The van der Waals surface area contributed by atoms with Gasteiger partial charge in [0, 0.05) is 23.7 Å². The van der Waals surface area contributed by atoms with Crippen LogP contribution in [0.25, 0.3) is 0 Å². The summed E-state index contributed by atoms with van der Waals surface area (Å²) < 4.78 is 5.75. The Morgan fingerprint density at radius 1 is 1.47 bits per heavy atom. The van der Waals surface area contributed by atoms with Crippen LogP contribution in [0.5, 0.6) is 5.75 Å². The van der Waals surface area contributed by atoms with E-state index in [0.29, 0.717) is 24.7 Å². The number of ether oxygens (including phenoxy) is 1. The van der Waals surface area contributed by atoms with Crippen LogP contribution >= 0.6 is 11.6 Å². The lowest BCUT2D eigenvalue weighted by molar-refractivity contribution is 0.180. The first kappa shape index (κ1) is 16.2. The minimum atomic E-state index is -0.0160. The van der Waals surface area contributed by atoms with Crippen molar-refractivity contribution in [1.82, 2.24) is 4.90 Å². The number of halogens is 1. The van der Waals surface area contributed by atoms with Crippen molar-refractivity contribution in [3.05, 3.63) is 28.8 Å². The number of rotatable bonds is 8. The van der Waals surface area contributed by atoms with Gasteiger partial charge in [-0.05, 0) is 31.7 Å². The van der Waals surface area contributed by atoms with Gasteiger partial charge < -0.3 is 15.6 Å². The van der Waals surface area contributed by atoms with E-state index in [4.69, 9.17) is 27.2 Å². The van der Waals surface area contributed by atoms with Gasteiger partial charge in [-0.1, -0.05) is 18.5 Å². The molecule has 0 aliphatic carbocycles. The molecular formula is C14H23ClN2O2. The van der Waals surface area contributed by atoms with E-state index in [2.05, 4.69) is 6.92 Å². The molecule has 1 unspecified atom stereocenters. The fourth-order valence-corrected chi connectivity index (χ4v) is 2.16. The van der Waals surface area contributed by atoms with Gasteiger partial charge in [-0.15, -0.1) is 0 Å². The highest BCUT2D eigenvalue weighted by molar-refractivity contribution is 6.30. The molecule has 0 amide bonds. The fraction of sp³-hybridized carbons (Fsp3) is 0.571. The monoisotopic (exact) mass is 286 g/mol. The van der Waals surface area contributed by atoms with E-state index in [1.165, 1.54) is 0 Å². The third-order valence-corrected chi connectivity index (χ3v) is 3.24. The zero-order chi connectivity index (χ0) is 14.3. The van der Waals surface area contributed by atoms with Crippen molar-refractivity contribution in [2.24, 2.45) is 5.73 Å². The lowest BCUT2D eigenvalue weighted by Gasteiger charge is -2.28. The number of likely N-dealkylation sites (N-methyl/N-ethyl adjacent to an activating group) is 1. The molecule has 0 fully saturated rings. The normalized spacial score (nSPS) is 12.7. The molecule has 1 aromatic carbocycles. The first-order valence-electron chi connectivity index (χ1n) is 6.57. The molecule has 108 valence electrons. The summed E-state index contributed by atoms with van der Waals surface area (Å²) in [7, 11) is 1.93. The minimum absolute atomic E-state index is 0.0160. The molecule has 0 heterocycles. The molecule has 4 nitrogen and oxygen atoms in total. The molecule has 0 saturated carbocycles. The summed E-state index contributed by atoms with van der Waals surface area (Å²) >= 11 is 6.07. The molecule has 0 bridgehead atoms. The number of hydrogen-bond donors (Lipinski definition) is 2. The summed E-state index contributed by atoms with van der Waals surface area (Å²) in [5.41, 5.74) is 6.83. The Hall–Kier alpha value is -0.810. The van der Waals surface area contributed by atoms with Gasteiger partial charge in [0.15, 0.2) is 0 Å². The predicted molar refractivity (Wildman–Crippen MR) is 78.7 cm³/mol. The molecule has 0 saturated heterocycles. The highest BCUT2D eigenvalue weighted by Crippen LogP contribution is 2.31. The summed E-state index contributed by atoms with van der Waals surface area (Å²) in [5.74, 6) is 0.812. The molecule has 0 aromatic heterocycles. The van der Waals surface area contributed by atoms with Crippen molar-refractivity contribution in [2.75, 3.05) is 33.4 Å². The highest BCUT2D eigenvalue weighted by Gasteiger charge is 2.19. The molecule has 1 aromatic rings. The van der Waals surface area contributed by atoms with E-state index in [-0.39, 0.29) is 12.6 Å². The van der Waals surface area contributed by atoms with Crippen LogP contribution in [0.1, 0.15) is 24.9 Å². The maximum absolute atomic E-state index is 9.05. The number of hydrogen-bond acceptors (Lipinski definition) is 4. The quantitative estimate of drug-likeness (QED) is 0.768. The Morgan fingerprint density at radius 3 is 2.79 bits per heavy atom. The van der Waals surface area contributed by atoms with Crippen LogP contribution in [-0.4, -0.2) is 43.4 Å². The maximum Gasteiger partial charge on any atom is 0.124 e. The van der Waals surface area contributed by atoms with Crippen LogP contribution in [0, 0.1) is 0 Å². The first-order valence-corrected chi connectivity index (χ1v) is 6.95. The van der Waals surface area contributed by atoms with E-state index in [1.807, 2.05) is 30.1 Å². The summed E-state index contributed by atoms with van der Waals surface area (Å²) in [4.78, 5) is 2.00. The molecule has 1 atom stereocenters. The third kappa shape index (κ3) is 4.66.